The fourth-order valence-electron chi connectivity index (χ4n) is 1.98. The van der Waals surface area contributed by atoms with Crippen LogP contribution in [0.5, 0.6) is 0 Å². The van der Waals surface area contributed by atoms with Crippen molar-refractivity contribution in [3.05, 3.63) is 5.21 Å². The van der Waals surface area contributed by atoms with Gasteiger partial charge < -0.3 is 25.0 Å². The summed E-state index contributed by atoms with van der Waals surface area (Å²) in [5, 5.41) is 29.2. The van der Waals surface area contributed by atoms with Crippen LogP contribution in [0.1, 0.15) is 20.3 Å². The predicted octanol–water partition coefficient (Wildman–Crippen LogP) is 0.0763. The smallest absolute Gasteiger partial charge is 0.156 e. The van der Waals surface area contributed by atoms with Crippen LogP contribution in [0, 0.1) is 5.21 Å². The molecule has 2 N–H and O–H groups in total. The van der Waals surface area contributed by atoms with E-state index in [0.717, 1.165) is 0 Å². The lowest BCUT2D eigenvalue weighted by atomic mass is 9.85. The molecule has 0 aromatic carbocycles. The zero-order chi connectivity index (χ0) is 10.9. The minimum Gasteiger partial charge on any atom is -0.762 e. The molecule has 0 amide bonds. The minimum atomic E-state index is -1.17. The van der Waals surface area contributed by atoms with Gasteiger partial charge in [0.05, 0.1) is 11.6 Å². The Hall–Kier alpha value is -0.240. The van der Waals surface area contributed by atoms with E-state index in [2.05, 4.69) is 0 Å². The van der Waals surface area contributed by atoms with Crippen molar-refractivity contribution in [2.75, 3.05) is 7.11 Å². The number of aliphatic hydroxyl groups excluding tert-OH is 1. The molecule has 0 saturated carbocycles. The third kappa shape index (κ3) is 1.90. The van der Waals surface area contributed by atoms with Gasteiger partial charge >= 0.3 is 0 Å². The molecule has 0 aliphatic carbocycles. The van der Waals surface area contributed by atoms with E-state index in [4.69, 9.17) is 14.7 Å². The normalized spacial score (nSPS) is 44.4. The summed E-state index contributed by atoms with van der Waals surface area (Å²) in [5.74, 6) is 0. The van der Waals surface area contributed by atoms with Gasteiger partial charge in [-0.25, -0.2) is 0 Å². The molecule has 1 heterocycles. The maximum Gasteiger partial charge on any atom is 0.156 e. The van der Waals surface area contributed by atoms with E-state index >= 15 is 0 Å². The number of aliphatic hydroxyl groups is 1. The summed E-state index contributed by atoms with van der Waals surface area (Å²) in [5.41, 5.74) is -1.17. The summed E-state index contributed by atoms with van der Waals surface area (Å²) in [7, 11) is 1.43. The molecule has 14 heavy (non-hydrogen) atoms. The fraction of sp³-hybridized carbons (Fsp3) is 1.00. The zero-order valence-corrected chi connectivity index (χ0v) is 8.51. The highest BCUT2D eigenvalue weighted by Crippen LogP contribution is 2.33. The molecule has 1 saturated heterocycles. The Morgan fingerprint density at radius 1 is 1.64 bits per heavy atom. The Labute approximate surface area is 82.6 Å². The first-order valence-electron chi connectivity index (χ1n) is 4.44. The molecule has 6 heteroatoms. The lowest BCUT2D eigenvalue weighted by Gasteiger charge is -2.51. The van der Waals surface area contributed by atoms with Crippen LogP contribution >= 0.6 is 0 Å². The highest BCUT2D eigenvalue weighted by molar-refractivity contribution is 4.97. The second-order valence-electron chi connectivity index (χ2n) is 3.79. The van der Waals surface area contributed by atoms with Crippen LogP contribution in [-0.4, -0.2) is 46.7 Å². The second kappa shape index (κ2) is 4.09. The number of hydrogen-bond acceptors (Lipinski definition) is 6. The predicted molar refractivity (Wildman–Crippen MR) is 47.4 cm³/mol. The van der Waals surface area contributed by atoms with Crippen molar-refractivity contribution >= 4 is 0 Å². The van der Waals surface area contributed by atoms with Crippen molar-refractivity contribution in [1.82, 2.24) is 5.23 Å². The second-order valence-corrected chi connectivity index (χ2v) is 3.79. The van der Waals surface area contributed by atoms with E-state index < -0.39 is 24.0 Å². The minimum absolute atomic E-state index is 0.00977. The van der Waals surface area contributed by atoms with Crippen LogP contribution in [0.15, 0.2) is 0 Å². The van der Waals surface area contributed by atoms with E-state index in [1.54, 1.807) is 6.92 Å². The number of hydroxylamine groups is 2. The lowest BCUT2D eigenvalue weighted by Crippen LogP contribution is -2.61. The van der Waals surface area contributed by atoms with Gasteiger partial charge in [-0.2, -0.15) is 0 Å². The summed E-state index contributed by atoms with van der Waals surface area (Å²) < 4.78 is 10.2. The Kier molecular flexibility index (Phi) is 3.46. The van der Waals surface area contributed by atoms with Crippen molar-refractivity contribution in [3.8, 4) is 0 Å². The third-order valence-corrected chi connectivity index (χ3v) is 2.69. The number of hydrogen-bond donors (Lipinski definition) is 2. The molecular weight excluding hydrogens is 190 g/mol. The van der Waals surface area contributed by atoms with E-state index in [1.165, 1.54) is 14.0 Å². The Morgan fingerprint density at radius 2 is 2.21 bits per heavy atom. The Balaban J connectivity index is 2.87. The average Bonchev–Trinajstić information content (AvgIpc) is 2.02. The van der Waals surface area contributed by atoms with Gasteiger partial charge in [-0.1, -0.05) is 0 Å². The maximum absolute atomic E-state index is 11.0. The van der Waals surface area contributed by atoms with Crippen molar-refractivity contribution in [2.24, 2.45) is 0 Å². The zero-order valence-electron chi connectivity index (χ0n) is 8.51. The first kappa shape index (κ1) is 11.8. The van der Waals surface area contributed by atoms with Crippen LogP contribution in [0.25, 0.3) is 0 Å². The number of rotatable bonds is 2. The third-order valence-electron chi connectivity index (χ3n) is 2.69. The molecule has 0 aromatic rings. The summed E-state index contributed by atoms with van der Waals surface area (Å²) in [6, 6.07) is 0. The molecule has 0 unspecified atom stereocenters. The summed E-state index contributed by atoms with van der Waals surface area (Å²) in [6.45, 7) is 3.20. The van der Waals surface area contributed by atoms with Gasteiger partial charge in [0.15, 0.2) is 6.29 Å². The van der Waals surface area contributed by atoms with Gasteiger partial charge in [-0.05, 0) is 13.8 Å². The van der Waals surface area contributed by atoms with Crippen LogP contribution < -0.4 is 0 Å². The number of nitrogens with zero attached hydrogens (tertiary/aromatic N) is 1. The molecule has 1 aliphatic heterocycles. The quantitative estimate of drug-likeness (QED) is 0.622. The highest BCUT2D eigenvalue weighted by Gasteiger charge is 2.46. The largest absolute Gasteiger partial charge is 0.762 e. The van der Waals surface area contributed by atoms with Gasteiger partial charge in [0.25, 0.3) is 0 Å². The van der Waals surface area contributed by atoms with Gasteiger partial charge in [-0.3, -0.25) is 5.23 Å². The van der Waals surface area contributed by atoms with E-state index in [0.29, 0.717) is 0 Å². The Bertz CT molecular complexity index is 200. The van der Waals surface area contributed by atoms with Crippen molar-refractivity contribution in [1.29, 1.82) is 0 Å². The number of methoxy groups -OCH3 is 1. The summed E-state index contributed by atoms with van der Waals surface area (Å²) >= 11 is 0. The first-order chi connectivity index (χ1) is 6.41. The average molecular weight is 206 g/mol. The van der Waals surface area contributed by atoms with Gasteiger partial charge in [0, 0.05) is 13.5 Å². The lowest BCUT2D eigenvalue weighted by molar-refractivity contribution is -0.280. The van der Waals surface area contributed by atoms with Crippen LogP contribution in [0.4, 0.5) is 0 Å². The van der Waals surface area contributed by atoms with E-state index in [1.807, 2.05) is 0 Å². The number of ether oxygens (including phenoxy) is 2. The van der Waals surface area contributed by atoms with Crippen LogP contribution in [0.3, 0.4) is 0 Å². The molecule has 1 aliphatic rings. The standard InChI is InChI=1S/C8H16NO5/c1-5-7(13-3)8(2,9(11)12)4-6(10)14-5/h5-7,10-11H,4H2,1-3H3/q-1/t5-,6-,7+,8-/m1/s1. The van der Waals surface area contributed by atoms with E-state index in [-0.39, 0.29) is 11.6 Å². The molecule has 0 aromatic heterocycles. The molecule has 0 bridgehead atoms. The topological polar surface area (TPSA) is 85.2 Å². The molecule has 84 valence electrons. The SMILES string of the molecule is CO[C@H]1[C@@H](C)O[C@@H](O)C[C@@]1(C)N([O-])O. The van der Waals surface area contributed by atoms with Crippen LogP contribution in [0.2, 0.25) is 0 Å². The van der Waals surface area contributed by atoms with Crippen molar-refractivity contribution in [3.63, 3.8) is 0 Å². The van der Waals surface area contributed by atoms with E-state index in [9.17, 15) is 10.3 Å². The summed E-state index contributed by atoms with van der Waals surface area (Å²) in [6.07, 6.45) is -2.06. The van der Waals surface area contributed by atoms with Crippen molar-refractivity contribution in [2.45, 2.75) is 44.3 Å². The highest BCUT2D eigenvalue weighted by atomic mass is 16.8. The first-order valence-corrected chi connectivity index (χ1v) is 4.44. The monoisotopic (exact) mass is 206 g/mol. The van der Waals surface area contributed by atoms with Crippen molar-refractivity contribution < 1.29 is 19.8 Å². The Morgan fingerprint density at radius 3 is 2.64 bits per heavy atom. The molecule has 0 radical (unpaired) electrons. The summed E-state index contributed by atoms with van der Waals surface area (Å²) in [4.78, 5) is 0. The maximum atomic E-state index is 11.0. The molecule has 1 rings (SSSR count). The molecule has 1 fully saturated rings. The van der Waals surface area contributed by atoms with Crippen LogP contribution in [-0.2, 0) is 9.47 Å². The molecule has 0 spiro atoms. The fourth-order valence-corrected chi connectivity index (χ4v) is 1.98. The molecule has 4 atom stereocenters. The molecular formula is C8H16NO5-. The van der Waals surface area contributed by atoms with Gasteiger partial charge in [0.1, 0.15) is 6.10 Å². The van der Waals surface area contributed by atoms with Gasteiger partial charge in [0.2, 0.25) is 0 Å². The van der Waals surface area contributed by atoms with Gasteiger partial charge in [-0.15, -0.1) is 0 Å². The molecule has 6 nitrogen and oxygen atoms in total.